The molecule has 0 aliphatic heterocycles. The van der Waals surface area contributed by atoms with Gasteiger partial charge in [0.2, 0.25) is 0 Å². The van der Waals surface area contributed by atoms with Gasteiger partial charge in [-0.05, 0) is 12.5 Å². The minimum atomic E-state index is -3.63. The molecule has 0 amide bonds. The highest BCUT2D eigenvalue weighted by atomic mass is 35.5. The number of aryl methyl sites for hydroxylation is 2. The van der Waals surface area contributed by atoms with Crippen molar-refractivity contribution in [2.45, 2.75) is 18.0 Å². The van der Waals surface area contributed by atoms with Crippen LogP contribution >= 0.6 is 12.4 Å². The van der Waals surface area contributed by atoms with Crippen LogP contribution in [-0.4, -0.2) is 24.5 Å². The van der Waals surface area contributed by atoms with Crippen molar-refractivity contribution < 1.29 is 8.42 Å². The summed E-state index contributed by atoms with van der Waals surface area (Å²) >= 11 is 0. The number of nitrogens with zero attached hydrogens (tertiary/aromatic N) is 2. The average molecular weight is 331 g/mol. The van der Waals surface area contributed by atoms with Crippen LogP contribution in [0.15, 0.2) is 41.6 Å². The van der Waals surface area contributed by atoms with Gasteiger partial charge in [0.25, 0.3) is 10.0 Å². The molecular weight excluding hydrogens is 312 g/mol. The molecule has 1 unspecified atom stereocenters. The summed E-state index contributed by atoms with van der Waals surface area (Å²) in [6.07, 6.45) is 1.48. The molecule has 3 N–H and O–H groups in total. The van der Waals surface area contributed by atoms with Gasteiger partial charge >= 0.3 is 0 Å². The Bertz CT molecular complexity index is 666. The molecule has 21 heavy (non-hydrogen) atoms. The van der Waals surface area contributed by atoms with E-state index in [1.165, 1.54) is 6.20 Å². The molecule has 0 bridgehead atoms. The first-order valence-electron chi connectivity index (χ1n) is 6.20. The predicted molar refractivity (Wildman–Crippen MR) is 83.8 cm³/mol. The largest absolute Gasteiger partial charge is 0.337 e. The topological polar surface area (TPSA) is 90.0 Å². The Labute approximate surface area is 130 Å². The Morgan fingerprint density at radius 2 is 1.95 bits per heavy atom. The zero-order chi connectivity index (χ0) is 14.8. The van der Waals surface area contributed by atoms with Crippen LogP contribution in [0.25, 0.3) is 0 Å². The third-order valence-corrected chi connectivity index (χ3v) is 4.38. The summed E-state index contributed by atoms with van der Waals surface area (Å²) in [7, 11) is -1.88. The summed E-state index contributed by atoms with van der Waals surface area (Å²) < 4.78 is 28.3. The highest BCUT2D eigenvalue weighted by Gasteiger charge is 2.19. The van der Waals surface area contributed by atoms with E-state index in [-0.39, 0.29) is 24.0 Å². The second kappa shape index (κ2) is 7.04. The lowest BCUT2D eigenvalue weighted by Gasteiger charge is -2.12. The van der Waals surface area contributed by atoms with E-state index in [1.54, 1.807) is 18.5 Å². The molecule has 2 rings (SSSR count). The molecule has 2 aromatic rings. The normalized spacial score (nSPS) is 12.7. The van der Waals surface area contributed by atoms with Crippen molar-refractivity contribution in [3.05, 3.63) is 47.9 Å². The zero-order valence-corrected chi connectivity index (χ0v) is 13.5. The van der Waals surface area contributed by atoms with Gasteiger partial charge in [0.05, 0.1) is 0 Å². The van der Waals surface area contributed by atoms with E-state index in [0.717, 1.165) is 5.56 Å². The maximum absolute atomic E-state index is 12.1. The van der Waals surface area contributed by atoms with E-state index in [4.69, 9.17) is 5.73 Å². The van der Waals surface area contributed by atoms with Crippen molar-refractivity contribution in [3.63, 3.8) is 0 Å². The number of imidazole rings is 1. The van der Waals surface area contributed by atoms with E-state index in [2.05, 4.69) is 9.71 Å². The number of halogens is 1. The fraction of sp³-hybridized carbons (Fsp3) is 0.308. The Morgan fingerprint density at radius 1 is 1.33 bits per heavy atom. The smallest absolute Gasteiger partial charge is 0.259 e. The van der Waals surface area contributed by atoms with Gasteiger partial charge in [0.1, 0.15) is 5.82 Å². The van der Waals surface area contributed by atoms with Gasteiger partial charge in [-0.2, -0.15) is 0 Å². The van der Waals surface area contributed by atoms with Crippen LogP contribution in [0.2, 0.25) is 0 Å². The van der Waals surface area contributed by atoms with E-state index in [9.17, 15) is 8.42 Å². The summed E-state index contributed by atoms with van der Waals surface area (Å²) in [6, 6.07) is 8.96. The Kier molecular flexibility index (Phi) is 5.91. The van der Waals surface area contributed by atoms with Crippen LogP contribution in [-0.2, 0) is 17.1 Å². The highest BCUT2D eigenvalue weighted by Crippen LogP contribution is 2.11. The minimum Gasteiger partial charge on any atom is -0.337 e. The molecule has 0 radical (unpaired) electrons. The quantitative estimate of drug-likeness (QED) is 0.860. The van der Waals surface area contributed by atoms with Crippen molar-refractivity contribution in [2.75, 3.05) is 6.54 Å². The van der Waals surface area contributed by atoms with Crippen LogP contribution in [0.1, 0.15) is 17.4 Å². The minimum absolute atomic E-state index is 0. The second-order valence-electron chi connectivity index (χ2n) is 4.61. The van der Waals surface area contributed by atoms with Crippen LogP contribution in [0, 0.1) is 6.92 Å². The number of hydrogen-bond acceptors (Lipinski definition) is 4. The molecule has 6 nitrogen and oxygen atoms in total. The number of rotatable bonds is 5. The van der Waals surface area contributed by atoms with Gasteiger partial charge in [-0.15, -0.1) is 12.4 Å². The fourth-order valence-corrected chi connectivity index (χ4v) is 2.84. The standard InChI is InChI=1S/C13H18N4O2S.ClH/c1-10-16-13(9-17(10)2)20(18,19)15-8-12(14)11-6-4-3-5-7-11;/h3-7,9,12,15H,8,14H2,1-2H3;1H. The number of nitrogens with two attached hydrogens (primary N) is 1. The van der Waals surface area contributed by atoms with Crippen LogP contribution < -0.4 is 10.5 Å². The zero-order valence-electron chi connectivity index (χ0n) is 11.9. The van der Waals surface area contributed by atoms with Gasteiger partial charge in [-0.25, -0.2) is 18.1 Å². The first kappa shape index (κ1) is 17.6. The number of nitrogens with one attached hydrogen (secondary N) is 1. The molecule has 1 aromatic heterocycles. The van der Waals surface area contributed by atoms with Crippen LogP contribution in [0.4, 0.5) is 0 Å². The molecule has 0 saturated carbocycles. The van der Waals surface area contributed by atoms with Gasteiger partial charge in [0, 0.05) is 25.8 Å². The maximum Gasteiger partial charge on any atom is 0.259 e. The lowest BCUT2D eigenvalue weighted by atomic mass is 10.1. The van der Waals surface area contributed by atoms with Crippen LogP contribution in [0.3, 0.4) is 0 Å². The lowest BCUT2D eigenvalue weighted by molar-refractivity contribution is 0.569. The summed E-state index contributed by atoms with van der Waals surface area (Å²) in [5.74, 6) is 0.637. The summed E-state index contributed by atoms with van der Waals surface area (Å²) in [4.78, 5) is 4.00. The average Bonchev–Trinajstić information content (AvgIpc) is 2.78. The lowest BCUT2D eigenvalue weighted by Crippen LogP contribution is -2.32. The highest BCUT2D eigenvalue weighted by molar-refractivity contribution is 7.89. The van der Waals surface area contributed by atoms with Crippen molar-refractivity contribution in [3.8, 4) is 0 Å². The second-order valence-corrected chi connectivity index (χ2v) is 6.32. The molecule has 0 aliphatic rings. The van der Waals surface area contributed by atoms with Gasteiger partial charge < -0.3 is 10.3 Å². The molecule has 0 aliphatic carbocycles. The molecule has 116 valence electrons. The molecule has 0 fully saturated rings. The number of sulfonamides is 1. The van der Waals surface area contributed by atoms with Crippen molar-refractivity contribution in [1.82, 2.24) is 14.3 Å². The molecule has 1 atom stereocenters. The number of hydrogen-bond donors (Lipinski definition) is 2. The van der Waals surface area contributed by atoms with Crippen molar-refractivity contribution in [2.24, 2.45) is 12.8 Å². The Hall–Kier alpha value is -1.41. The molecule has 0 spiro atoms. The van der Waals surface area contributed by atoms with E-state index in [1.807, 2.05) is 30.3 Å². The number of aromatic nitrogens is 2. The fourth-order valence-electron chi connectivity index (χ4n) is 1.75. The Balaban J connectivity index is 0.00000220. The van der Waals surface area contributed by atoms with Gasteiger partial charge in [-0.3, -0.25) is 0 Å². The monoisotopic (exact) mass is 330 g/mol. The summed E-state index contributed by atoms with van der Waals surface area (Å²) in [5, 5.41) is 0.0118. The first-order valence-corrected chi connectivity index (χ1v) is 7.68. The third-order valence-electron chi connectivity index (χ3n) is 3.08. The molecule has 0 saturated heterocycles. The molecule has 1 aromatic carbocycles. The SMILES string of the molecule is Cc1nc(S(=O)(=O)NCC(N)c2ccccc2)cn1C.Cl. The van der Waals surface area contributed by atoms with Gasteiger partial charge in [-0.1, -0.05) is 30.3 Å². The Morgan fingerprint density at radius 3 is 2.48 bits per heavy atom. The van der Waals surface area contributed by atoms with Gasteiger partial charge in [0.15, 0.2) is 5.03 Å². The van der Waals surface area contributed by atoms with E-state index in [0.29, 0.717) is 5.82 Å². The van der Waals surface area contributed by atoms with Crippen LogP contribution in [0.5, 0.6) is 0 Å². The first-order chi connectivity index (χ1) is 9.40. The molecule has 1 heterocycles. The van der Waals surface area contributed by atoms with E-state index >= 15 is 0 Å². The summed E-state index contributed by atoms with van der Waals surface area (Å²) in [5.41, 5.74) is 6.84. The van der Waals surface area contributed by atoms with Crippen molar-refractivity contribution in [1.29, 1.82) is 0 Å². The maximum atomic E-state index is 12.1. The predicted octanol–water partition coefficient (Wildman–Crippen LogP) is 1.13. The molecule has 8 heteroatoms. The number of benzene rings is 1. The third kappa shape index (κ3) is 4.28. The molecular formula is C13H19ClN4O2S. The summed E-state index contributed by atoms with van der Waals surface area (Å²) in [6.45, 7) is 1.87. The van der Waals surface area contributed by atoms with Crippen molar-refractivity contribution >= 4 is 22.4 Å². The van der Waals surface area contributed by atoms with E-state index < -0.39 is 16.1 Å².